The molecule has 10 heteroatoms. The van der Waals surface area contributed by atoms with E-state index in [1.54, 1.807) is 46.1 Å². The third kappa shape index (κ3) is 4.65. The number of hydrogen-bond acceptors (Lipinski definition) is 7. The number of fused-ring (bicyclic) bond motifs is 1. The standard InChI is InChI=1S/C20H22N4O6/c1-20(2,3)29-19(28)22-15(9-12-10-21-23(4)11-12)18(27)30-24-16(25)13-7-5-6-8-14(13)17(24)26/h5-8,10-11,15H,9H2,1-4H3,(H,22,28). The summed E-state index contributed by atoms with van der Waals surface area (Å²) in [5.41, 5.74) is 0.131. The van der Waals surface area contributed by atoms with Crippen LogP contribution in [-0.2, 0) is 27.8 Å². The van der Waals surface area contributed by atoms with Crippen LogP contribution < -0.4 is 5.32 Å². The Morgan fingerprint density at radius 3 is 2.23 bits per heavy atom. The molecule has 10 nitrogen and oxygen atoms in total. The number of aromatic nitrogens is 2. The molecule has 1 unspecified atom stereocenters. The van der Waals surface area contributed by atoms with Crippen molar-refractivity contribution in [1.29, 1.82) is 0 Å². The van der Waals surface area contributed by atoms with Gasteiger partial charge in [-0.25, -0.2) is 9.59 Å². The van der Waals surface area contributed by atoms with Gasteiger partial charge in [0.2, 0.25) is 0 Å². The van der Waals surface area contributed by atoms with Crippen LogP contribution in [0, 0.1) is 0 Å². The second-order valence-electron chi connectivity index (χ2n) is 7.79. The van der Waals surface area contributed by atoms with Gasteiger partial charge >= 0.3 is 12.1 Å². The van der Waals surface area contributed by atoms with Gasteiger partial charge in [0, 0.05) is 19.7 Å². The fraction of sp³-hybridized carbons (Fsp3) is 0.350. The summed E-state index contributed by atoms with van der Waals surface area (Å²) in [4.78, 5) is 55.0. The molecule has 0 fully saturated rings. The van der Waals surface area contributed by atoms with Gasteiger partial charge in [-0.05, 0) is 38.5 Å². The molecule has 0 aliphatic carbocycles. The van der Waals surface area contributed by atoms with E-state index in [2.05, 4.69) is 10.4 Å². The van der Waals surface area contributed by atoms with Crippen LogP contribution in [0.15, 0.2) is 36.7 Å². The van der Waals surface area contributed by atoms with Crippen molar-refractivity contribution in [2.45, 2.75) is 38.8 Å². The van der Waals surface area contributed by atoms with E-state index in [0.717, 1.165) is 0 Å². The SMILES string of the molecule is Cn1cc(CC(NC(=O)OC(C)(C)C)C(=O)ON2C(=O)c3ccccc3C2=O)cn1. The Balaban J connectivity index is 1.77. The number of carbonyl (C=O) groups excluding carboxylic acids is 4. The van der Waals surface area contributed by atoms with Gasteiger partial charge in [0.1, 0.15) is 11.6 Å². The van der Waals surface area contributed by atoms with E-state index in [9.17, 15) is 19.2 Å². The van der Waals surface area contributed by atoms with Crippen molar-refractivity contribution >= 4 is 23.9 Å². The molecule has 1 atom stereocenters. The lowest BCUT2D eigenvalue weighted by Crippen LogP contribution is -2.48. The number of amides is 3. The molecule has 0 bridgehead atoms. The van der Waals surface area contributed by atoms with Crippen molar-refractivity contribution in [3.63, 3.8) is 0 Å². The lowest BCUT2D eigenvalue weighted by atomic mass is 10.1. The fourth-order valence-electron chi connectivity index (χ4n) is 2.86. The number of ether oxygens (including phenoxy) is 1. The van der Waals surface area contributed by atoms with E-state index in [4.69, 9.17) is 9.57 Å². The lowest BCUT2D eigenvalue weighted by molar-refractivity contribution is -0.171. The summed E-state index contributed by atoms with van der Waals surface area (Å²) in [5, 5.41) is 6.86. The monoisotopic (exact) mass is 414 g/mol. The number of hydroxylamine groups is 2. The Morgan fingerprint density at radius 1 is 1.13 bits per heavy atom. The summed E-state index contributed by atoms with van der Waals surface area (Å²) in [6.07, 6.45) is 2.38. The maximum atomic E-state index is 12.8. The summed E-state index contributed by atoms with van der Waals surface area (Å²) in [7, 11) is 1.71. The van der Waals surface area contributed by atoms with E-state index in [-0.39, 0.29) is 17.5 Å². The number of alkyl carbamates (subject to hydrolysis) is 1. The van der Waals surface area contributed by atoms with Crippen LogP contribution in [0.5, 0.6) is 0 Å². The number of benzene rings is 1. The number of rotatable bonds is 5. The average Bonchev–Trinajstić information content (AvgIpc) is 3.16. The summed E-state index contributed by atoms with van der Waals surface area (Å²) in [6, 6.07) is 4.92. The Kier molecular flexibility index (Phi) is 5.59. The normalized spacial score (nSPS) is 14.3. The molecule has 2 aromatic rings. The molecule has 1 aromatic heterocycles. The van der Waals surface area contributed by atoms with Crippen molar-refractivity contribution in [2.75, 3.05) is 0 Å². The first kappa shape index (κ1) is 21.0. The Bertz CT molecular complexity index is 972. The number of nitrogens with one attached hydrogen (secondary N) is 1. The minimum atomic E-state index is -1.21. The highest BCUT2D eigenvalue weighted by Gasteiger charge is 2.40. The van der Waals surface area contributed by atoms with Crippen LogP contribution in [0.25, 0.3) is 0 Å². The first-order chi connectivity index (χ1) is 14.0. The summed E-state index contributed by atoms with van der Waals surface area (Å²) in [6.45, 7) is 5.04. The zero-order valence-electron chi connectivity index (χ0n) is 17.0. The van der Waals surface area contributed by atoms with E-state index < -0.39 is 35.5 Å². The molecule has 0 saturated carbocycles. The van der Waals surface area contributed by atoms with Gasteiger partial charge in [-0.15, -0.1) is 0 Å². The van der Waals surface area contributed by atoms with E-state index >= 15 is 0 Å². The van der Waals surface area contributed by atoms with Gasteiger partial charge in [-0.1, -0.05) is 17.2 Å². The Labute approximate surface area is 172 Å². The highest BCUT2D eigenvalue weighted by molar-refractivity contribution is 6.20. The third-order valence-electron chi connectivity index (χ3n) is 4.11. The molecule has 30 heavy (non-hydrogen) atoms. The van der Waals surface area contributed by atoms with Crippen LogP contribution in [0.4, 0.5) is 4.79 Å². The summed E-state index contributed by atoms with van der Waals surface area (Å²) < 4.78 is 6.74. The van der Waals surface area contributed by atoms with Crippen molar-refractivity contribution in [2.24, 2.45) is 7.05 Å². The molecule has 0 radical (unpaired) electrons. The van der Waals surface area contributed by atoms with Crippen molar-refractivity contribution in [3.8, 4) is 0 Å². The number of imide groups is 1. The molecule has 1 aromatic carbocycles. The Hall–Kier alpha value is -3.69. The Morgan fingerprint density at radius 2 is 1.73 bits per heavy atom. The minimum Gasteiger partial charge on any atom is -0.444 e. The molecule has 3 rings (SSSR count). The number of nitrogens with zero attached hydrogens (tertiary/aromatic N) is 3. The number of hydrogen-bond donors (Lipinski definition) is 1. The summed E-state index contributed by atoms with van der Waals surface area (Å²) in [5.74, 6) is -2.48. The predicted octanol–water partition coefficient (Wildman–Crippen LogP) is 1.61. The molecule has 1 aliphatic heterocycles. The first-order valence-electron chi connectivity index (χ1n) is 9.22. The smallest absolute Gasteiger partial charge is 0.408 e. The lowest BCUT2D eigenvalue weighted by Gasteiger charge is -2.23. The second-order valence-corrected chi connectivity index (χ2v) is 7.79. The largest absolute Gasteiger partial charge is 0.444 e. The predicted molar refractivity (Wildman–Crippen MR) is 103 cm³/mol. The zero-order valence-corrected chi connectivity index (χ0v) is 17.0. The quantitative estimate of drug-likeness (QED) is 0.738. The molecular formula is C20H22N4O6. The van der Waals surface area contributed by atoms with Crippen LogP contribution in [0.2, 0.25) is 0 Å². The molecule has 1 N–H and O–H groups in total. The van der Waals surface area contributed by atoms with Crippen LogP contribution >= 0.6 is 0 Å². The third-order valence-corrected chi connectivity index (χ3v) is 4.11. The van der Waals surface area contributed by atoms with E-state index in [0.29, 0.717) is 10.6 Å². The maximum absolute atomic E-state index is 12.8. The van der Waals surface area contributed by atoms with Gasteiger partial charge < -0.3 is 14.9 Å². The maximum Gasteiger partial charge on any atom is 0.408 e. The van der Waals surface area contributed by atoms with Gasteiger partial charge in [-0.3, -0.25) is 14.3 Å². The molecule has 0 spiro atoms. The van der Waals surface area contributed by atoms with Gasteiger partial charge in [0.05, 0.1) is 17.3 Å². The molecule has 3 amide bonds. The van der Waals surface area contributed by atoms with Crippen LogP contribution in [-0.4, -0.2) is 50.4 Å². The van der Waals surface area contributed by atoms with Gasteiger partial charge in [-0.2, -0.15) is 5.10 Å². The zero-order chi connectivity index (χ0) is 22.1. The van der Waals surface area contributed by atoms with Crippen molar-refractivity contribution < 1.29 is 28.8 Å². The topological polar surface area (TPSA) is 120 Å². The van der Waals surface area contributed by atoms with Crippen LogP contribution in [0.3, 0.4) is 0 Å². The van der Waals surface area contributed by atoms with Crippen LogP contribution in [0.1, 0.15) is 47.1 Å². The molecular weight excluding hydrogens is 392 g/mol. The second kappa shape index (κ2) is 7.97. The molecule has 0 saturated heterocycles. The fourth-order valence-corrected chi connectivity index (χ4v) is 2.86. The molecule has 1 aliphatic rings. The number of aryl methyl sites for hydroxylation is 1. The van der Waals surface area contributed by atoms with E-state index in [1.807, 2.05) is 0 Å². The molecule has 2 heterocycles. The van der Waals surface area contributed by atoms with Crippen molar-refractivity contribution in [1.82, 2.24) is 20.2 Å². The van der Waals surface area contributed by atoms with E-state index in [1.165, 1.54) is 23.0 Å². The summed E-state index contributed by atoms with van der Waals surface area (Å²) >= 11 is 0. The average molecular weight is 414 g/mol. The minimum absolute atomic E-state index is 0.0229. The highest BCUT2D eigenvalue weighted by Crippen LogP contribution is 2.23. The van der Waals surface area contributed by atoms with Crippen molar-refractivity contribution in [3.05, 3.63) is 53.3 Å². The molecule has 158 valence electrons. The highest BCUT2D eigenvalue weighted by atomic mass is 16.7. The van der Waals surface area contributed by atoms with Gasteiger partial charge in [0.15, 0.2) is 0 Å². The number of carbonyl (C=O) groups is 4. The van der Waals surface area contributed by atoms with Gasteiger partial charge in [0.25, 0.3) is 11.8 Å². The first-order valence-corrected chi connectivity index (χ1v) is 9.22.